The monoisotopic (exact) mass is 293 g/mol. The summed E-state index contributed by atoms with van der Waals surface area (Å²) in [5.41, 5.74) is 1.04. The van der Waals surface area contributed by atoms with Gasteiger partial charge in [0.1, 0.15) is 5.82 Å². The molecule has 21 heavy (non-hydrogen) atoms. The Morgan fingerprint density at radius 3 is 2.67 bits per heavy atom. The van der Waals surface area contributed by atoms with Gasteiger partial charge in [-0.15, -0.1) is 0 Å². The quantitative estimate of drug-likeness (QED) is 0.812. The van der Waals surface area contributed by atoms with E-state index in [2.05, 4.69) is 5.32 Å². The minimum Gasteiger partial charge on any atom is -0.396 e. The topological polar surface area (TPSA) is 49.3 Å². The molecule has 2 rings (SSSR count). The minimum absolute atomic E-state index is 0.00828. The van der Waals surface area contributed by atoms with Crippen LogP contribution in [0.2, 0.25) is 0 Å². The highest BCUT2D eigenvalue weighted by Crippen LogP contribution is 2.47. The molecule has 1 saturated carbocycles. The van der Waals surface area contributed by atoms with E-state index in [0.717, 1.165) is 24.8 Å². The van der Waals surface area contributed by atoms with Crippen molar-refractivity contribution in [3.05, 3.63) is 35.6 Å². The number of carbonyl (C=O) groups is 1. The van der Waals surface area contributed by atoms with Crippen LogP contribution in [0.15, 0.2) is 24.3 Å². The first-order valence-electron chi connectivity index (χ1n) is 7.71. The highest BCUT2D eigenvalue weighted by Gasteiger charge is 2.44. The Bertz CT molecular complexity index is 474. The van der Waals surface area contributed by atoms with Gasteiger partial charge < -0.3 is 10.4 Å². The number of halogens is 1. The summed E-state index contributed by atoms with van der Waals surface area (Å²) in [5.74, 6) is 0.264. The lowest BCUT2D eigenvalue weighted by molar-refractivity contribution is -0.123. The van der Waals surface area contributed by atoms with Gasteiger partial charge in [0, 0.05) is 18.6 Å². The van der Waals surface area contributed by atoms with Crippen molar-refractivity contribution in [3.8, 4) is 0 Å². The van der Waals surface area contributed by atoms with E-state index >= 15 is 0 Å². The number of amides is 1. The zero-order chi connectivity index (χ0) is 15.4. The van der Waals surface area contributed by atoms with Crippen LogP contribution in [0.1, 0.15) is 44.6 Å². The van der Waals surface area contributed by atoms with E-state index in [1.54, 1.807) is 12.1 Å². The molecule has 4 heteroatoms. The average Bonchev–Trinajstić information content (AvgIpc) is 3.27. The predicted octanol–water partition coefficient (Wildman–Crippen LogP) is 2.84. The van der Waals surface area contributed by atoms with Gasteiger partial charge in [0.05, 0.1) is 0 Å². The molecule has 0 heterocycles. The number of hydrogen-bond donors (Lipinski definition) is 2. The van der Waals surface area contributed by atoms with E-state index in [1.165, 1.54) is 12.1 Å². The SMILES string of the molecule is CC[C@H](C[C@@H](C)CO)NC(=O)[C@@H]1C[C@H]1c1ccc(F)cc1. The second-order valence-electron chi connectivity index (χ2n) is 6.14. The van der Waals surface area contributed by atoms with Crippen LogP contribution < -0.4 is 5.32 Å². The van der Waals surface area contributed by atoms with E-state index in [9.17, 15) is 9.18 Å². The first kappa shape index (κ1) is 16.0. The Balaban J connectivity index is 1.86. The van der Waals surface area contributed by atoms with Crippen molar-refractivity contribution < 1.29 is 14.3 Å². The standard InChI is InChI=1S/C17H24FNO2/c1-3-14(8-11(2)10-20)19-17(21)16-9-15(16)12-4-6-13(18)7-5-12/h4-7,11,14-16,20H,3,8-10H2,1-2H3,(H,19,21)/t11-,14-,15+,16-/m1/s1. The van der Waals surface area contributed by atoms with Gasteiger partial charge in [0.25, 0.3) is 0 Å². The second kappa shape index (κ2) is 7.03. The van der Waals surface area contributed by atoms with Crippen LogP contribution >= 0.6 is 0 Å². The summed E-state index contributed by atoms with van der Waals surface area (Å²) in [6.45, 7) is 4.17. The predicted molar refractivity (Wildman–Crippen MR) is 80.3 cm³/mol. The van der Waals surface area contributed by atoms with Crippen LogP contribution in [-0.2, 0) is 4.79 Å². The zero-order valence-electron chi connectivity index (χ0n) is 12.7. The normalized spacial score (nSPS) is 23.4. The molecule has 116 valence electrons. The van der Waals surface area contributed by atoms with E-state index in [-0.39, 0.29) is 42.1 Å². The second-order valence-corrected chi connectivity index (χ2v) is 6.14. The van der Waals surface area contributed by atoms with E-state index in [1.807, 2.05) is 13.8 Å². The zero-order valence-corrected chi connectivity index (χ0v) is 12.7. The average molecular weight is 293 g/mol. The third kappa shape index (κ3) is 4.27. The van der Waals surface area contributed by atoms with Gasteiger partial charge >= 0.3 is 0 Å². The molecule has 1 aliphatic rings. The molecule has 1 aliphatic carbocycles. The van der Waals surface area contributed by atoms with Crippen LogP contribution in [0.3, 0.4) is 0 Å². The highest BCUT2D eigenvalue weighted by molar-refractivity contribution is 5.83. The first-order chi connectivity index (χ1) is 10.0. The maximum atomic E-state index is 12.9. The molecule has 0 bridgehead atoms. The number of benzene rings is 1. The van der Waals surface area contributed by atoms with Crippen LogP contribution in [0.4, 0.5) is 4.39 Å². The third-order valence-corrected chi connectivity index (χ3v) is 4.26. The molecule has 0 saturated heterocycles. The number of rotatable bonds is 7. The Labute approximate surface area is 125 Å². The summed E-state index contributed by atoms with van der Waals surface area (Å²) >= 11 is 0. The van der Waals surface area contributed by atoms with Gasteiger partial charge in [-0.2, -0.15) is 0 Å². The van der Waals surface area contributed by atoms with E-state index < -0.39 is 0 Å². The van der Waals surface area contributed by atoms with Crippen LogP contribution in [0.25, 0.3) is 0 Å². The molecule has 4 atom stereocenters. The summed E-state index contributed by atoms with van der Waals surface area (Å²) in [6, 6.07) is 6.53. The number of hydrogen-bond acceptors (Lipinski definition) is 2. The van der Waals surface area contributed by atoms with E-state index in [0.29, 0.717) is 0 Å². The number of aliphatic hydroxyl groups excluding tert-OH is 1. The maximum Gasteiger partial charge on any atom is 0.223 e. The number of nitrogens with one attached hydrogen (secondary N) is 1. The Kier molecular flexibility index (Phi) is 5.34. The number of aliphatic hydroxyl groups is 1. The molecule has 1 amide bonds. The maximum absolute atomic E-state index is 12.9. The molecule has 2 N–H and O–H groups in total. The molecule has 0 spiro atoms. The van der Waals surface area contributed by atoms with Crippen molar-refractivity contribution in [3.63, 3.8) is 0 Å². The molecule has 0 unspecified atom stereocenters. The van der Waals surface area contributed by atoms with Gasteiger partial charge in [-0.25, -0.2) is 4.39 Å². The van der Waals surface area contributed by atoms with Gasteiger partial charge in [-0.1, -0.05) is 26.0 Å². The fraction of sp³-hybridized carbons (Fsp3) is 0.588. The molecule has 1 fully saturated rings. The summed E-state index contributed by atoms with van der Waals surface area (Å²) in [6.07, 6.45) is 2.50. The van der Waals surface area contributed by atoms with Crippen molar-refractivity contribution in [1.82, 2.24) is 5.32 Å². The summed E-state index contributed by atoms with van der Waals surface area (Å²) in [5, 5.41) is 12.2. The van der Waals surface area contributed by atoms with Gasteiger partial charge in [0.15, 0.2) is 0 Å². The van der Waals surface area contributed by atoms with Gasteiger partial charge in [0.2, 0.25) is 5.91 Å². The lowest BCUT2D eigenvalue weighted by atomic mass is 10.0. The van der Waals surface area contributed by atoms with Crippen LogP contribution in [0, 0.1) is 17.7 Å². The van der Waals surface area contributed by atoms with Crippen molar-refractivity contribution in [2.45, 2.75) is 45.1 Å². The fourth-order valence-corrected chi connectivity index (χ4v) is 2.76. The van der Waals surface area contributed by atoms with E-state index in [4.69, 9.17) is 5.11 Å². The van der Waals surface area contributed by atoms with Crippen LogP contribution in [0.5, 0.6) is 0 Å². The van der Waals surface area contributed by atoms with Gasteiger partial charge in [-0.3, -0.25) is 4.79 Å². The Morgan fingerprint density at radius 2 is 2.10 bits per heavy atom. The van der Waals surface area contributed by atoms with Crippen LogP contribution in [-0.4, -0.2) is 23.7 Å². The molecule has 0 aromatic heterocycles. The Hall–Kier alpha value is -1.42. The van der Waals surface area contributed by atoms with Crippen molar-refractivity contribution in [2.75, 3.05) is 6.61 Å². The molecule has 1 aromatic carbocycles. The lowest BCUT2D eigenvalue weighted by Gasteiger charge is -2.20. The lowest BCUT2D eigenvalue weighted by Crippen LogP contribution is -2.37. The highest BCUT2D eigenvalue weighted by atomic mass is 19.1. The summed E-state index contributed by atoms with van der Waals surface area (Å²) < 4.78 is 12.9. The third-order valence-electron chi connectivity index (χ3n) is 4.26. The Morgan fingerprint density at radius 1 is 1.43 bits per heavy atom. The minimum atomic E-state index is -0.246. The summed E-state index contributed by atoms with van der Waals surface area (Å²) in [4.78, 5) is 12.2. The largest absolute Gasteiger partial charge is 0.396 e. The molecule has 1 aromatic rings. The molecule has 3 nitrogen and oxygen atoms in total. The first-order valence-corrected chi connectivity index (χ1v) is 7.71. The molecular formula is C17H24FNO2. The number of carbonyl (C=O) groups excluding carboxylic acids is 1. The molecule has 0 aliphatic heterocycles. The summed E-state index contributed by atoms with van der Waals surface area (Å²) in [7, 11) is 0. The van der Waals surface area contributed by atoms with Crippen molar-refractivity contribution >= 4 is 5.91 Å². The smallest absolute Gasteiger partial charge is 0.223 e. The van der Waals surface area contributed by atoms with Crippen molar-refractivity contribution in [1.29, 1.82) is 0 Å². The molecule has 0 radical (unpaired) electrons. The van der Waals surface area contributed by atoms with Crippen molar-refractivity contribution in [2.24, 2.45) is 11.8 Å². The van der Waals surface area contributed by atoms with Gasteiger partial charge in [-0.05, 0) is 48.8 Å². The molecular weight excluding hydrogens is 269 g/mol. The fourth-order valence-electron chi connectivity index (χ4n) is 2.76.